The standard InChI is InChI=1S/C13H24N2O3/c1-4-13(3,12(17)18)14-9-11(16)15-7-5-10(2)6-8-15/h10,14H,4-9H2,1-3H3,(H,17,18). The molecule has 0 radical (unpaired) electrons. The minimum absolute atomic E-state index is 0.00262. The zero-order valence-corrected chi connectivity index (χ0v) is 11.5. The van der Waals surface area contributed by atoms with Crippen molar-refractivity contribution in [1.29, 1.82) is 0 Å². The zero-order valence-electron chi connectivity index (χ0n) is 11.5. The summed E-state index contributed by atoms with van der Waals surface area (Å²) in [6.07, 6.45) is 2.53. The molecule has 0 bridgehead atoms. The van der Waals surface area contributed by atoms with E-state index in [0.717, 1.165) is 25.9 Å². The van der Waals surface area contributed by atoms with E-state index in [1.165, 1.54) is 0 Å². The lowest BCUT2D eigenvalue weighted by atomic mass is 9.98. The molecule has 1 heterocycles. The molecule has 2 N–H and O–H groups in total. The highest BCUT2D eigenvalue weighted by molar-refractivity contribution is 5.82. The first-order chi connectivity index (χ1) is 8.39. The lowest BCUT2D eigenvalue weighted by molar-refractivity contribution is -0.144. The molecule has 104 valence electrons. The third-order valence-corrected chi connectivity index (χ3v) is 3.95. The number of nitrogens with one attached hydrogen (secondary N) is 1. The topological polar surface area (TPSA) is 69.6 Å². The highest BCUT2D eigenvalue weighted by Crippen LogP contribution is 2.16. The highest BCUT2D eigenvalue weighted by atomic mass is 16.4. The summed E-state index contributed by atoms with van der Waals surface area (Å²) in [5.41, 5.74) is -1.02. The number of likely N-dealkylation sites (tertiary alicyclic amines) is 1. The molecular weight excluding hydrogens is 232 g/mol. The van der Waals surface area contributed by atoms with Gasteiger partial charge in [-0.2, -0.15) is 0 Å². The molecule has 1 amide bonds. The Morgan fingerprint density at radius 3 is 2.39 bits per heavy atom. The predicted octanol–water partition coefficient (Wildman–Crippen LogP) is 1.09. The highest BCUT2D eigenvalue weighted by Gasteiger charge is 2.31. The Morgan fingerprint density at radius 1 is 1.39 bits per heavy atom. The number of rotatable bonds is 5. The second kappa shape index (κ2) is 6.18. The van der Waals surface area contributed by atoms with E-state index < -0.39 is 11.5 Å². The Kier molecular flexibility index (Phi) is 5.14. The molecule has 0 saturated carbocycles. The van der Waals surface area contributed by atoms with Crippen molar-refractivity contribution >= 4 is 11.9 Å². The van der Waals surface area contributed by atoms with Gasteiger partial charge < -0.3 is 10.0 Å². The normalized spacial score (nSPS) is 20.5. The van der Waals surface area contributed by atoms with Gasteiger partial charge in [-0.1, -0.05) is 13.8 Å². The van der Waals surface area contributed by atoms with Crippen LogP contribution in [0.5, 0.6) is 0 Å². The average molecular weight is 256 g/mol. The molecule has 1 unspecified atom stereocenters. The van der Waals surface area contributed by atoms with Crippen molar-refractivity contribution < 1.29 is 14.7 Å². The van der Waals surface area contributed by atoms with Crippen LogP contribution in [0.2, 0.25) is 0 Å². The van der Waals surface area contributed by atoms with Crippen molar-refractivity contribution in [2.24, 2.45) is 5.92 Å². The number of amides is 1. The fourth-order valence-corrected chi connectivity index (χ4v) is 1.99. The van der Waals surface area contributed by atoms with Crippen molar-refractivity contribution in [1.82, 2.24) is 10.2 Å². The van der Waals surface area contributed by atoms with Gasteiger partial charge in [0.05, 0.1) is 6.54 Å². The van der Waals surface area contributed by atoms with Crippen molar-refractivity contribution in [3.63, 3.8) is 0 Å². The van der Waals surface area contributed by atoms with E-state index in [0.29, 0.717) is 12.3 Å². The van der Waals surface area contributed by atoms with Crippen molar-refractivity contribution in [2.75, 3.05) is 19.6 Å². The summed E-state index contributed by atoms with van der Waals surface area (Å²) in [6, 6.07) is 0. The van der Waals surface area contributed by atoms with E-state index in [1.807, 2.05) is 4.90 Å². The molecular formula is C13H24N2O3. The number of nitrogens with zero attached hydrogens (tertiary/aromatic N) is 1. The molecule has 1 aliphatic heterocycles. The van der Waals surface area contributed by atoms with Gasteiger partial charge in [0.25, 0.3) is 0 Å². The largest absolute Gasteiger partial charge is 0.480 e. The third-order valence-electron chi connectivity index (χ3n) is 3.95. The van der Waals surface area contributed by atoms with Crippen LogP contribution in [0.1, 0.15) is 40.0 Å². The van der Waals surface area contributed by atoms with Gasteiger partial charge in [-0.3, -0.25) is 14.9 Å². The first-order valence-corrected chi connectivity index (χ1v) is 6.65. The Morgan fingerprint density at radius 2 is 1.94 bits per heavy atom. The number of hydrogen-bond acceptors (Lipinski definition) is 3. The van der Waals surface area contributed by atoms with Gasteiger partial charge in [0.15, 0.2) is 0 Å². The first kappa shape index (κ1) is 15.0. The monoisotopic (exact) mass is 256 g/mol. The maximum absolute atomic E-state index is 12.0. The van der Waals surface area contributed by atoms with Gasteiger partial charge in [-0.05, 0) is 32.1 Å². The van der Waals surface area contributed by atoms with Gasteiger partial charge in [-0.25, -0.2) is 0 Å². The van der Waals surface area contributed by atoms with Gasteiger partial charge in [-0.15, -0.1) is 0 Å². The molecule has 1 rings (SSSR count). The van der Waals surface area contributed by atoms with Gasteiger partial charge >= 0.3 is 5.97 Å². The molecule has 1 aliphatic rings. The van der Waals surface area contributed by atoms with Crippen LogP contribution in [-0.2, 0) is 9.59 Å². The molecule has 0 aromatic rings. The second-order valence-electron chi connectivity index (χ2n) is 5.41. The van der Waals surface area contributed by atoms with Crippen molar-refractivity contribution in [3.8, 4) is 0 Å². The number of hydrogen-bond donors (Lipinski definition) is 2. The molecule has 1 fully saturated rings. The molecule has 5 heteroatoms. The number of carbonyl (C=O) groups excluding carboxylic acids is 1. The van der Waals surface area contributed by atoms with Crippen LogP contribution in [-0.4, -0.2) is 47.1 Å². The van der Waals surface area contributed by atoms with E-state index in [9.17, 15) is 9.59 Å². The maximum atomic E-state index is 12.0. The quantitative estimate of drug-likeness (QED) is 0.772. The summed E-state index contributed by atoms with van der Waals surface area (Å²) in [4.78, 5) is 24.9. The molecule has 1 saturated heterocycles. The molecule has 0 spiro atoms. The summed E-state index contributed by atoms with van der Waals surface area (Å²) in [5, 5.41) is 12.0. The summed E-state index contributed by atoms with van der Waals surface area (Å²) in [7, 11) is 0. The zero-order chi connectivity index (χ0) is 13.8. The number of carboxylic acids is 1. The minimum atomic E-state index is -1.02. The Hall–Kier alpha value is -1.10. The maximum Gasteiger partial charge on any atom is 0.323 e. The minimum Gasteiger partial charge on any atom is -0.480 e. The van der Waals surface area contributed by atoms with Gasteiger partial charge in [0, 0.05) is 13.1 Å². The molecule has 1 atom stereocenters. The fraction of sp³-hybridized carbons (Fsp3) is 0.846. The van der Waals surface area contributed by atoms with Crippen LogP contribution >= 0.6 is 0 Å². The number of carbonyl (C=O) groups is 2. The SMILES string of the molecule is CCC(C)(NCC(=O)N1CCC(C)CC1)C(=O)O. The van der Waals surface area contributed by atoms with Crippen LogP contribution in [0.4, 0.5) is 0 Å². The third kappa shape index (κ3) is 3.70. The second-order valence-corrected chi connectivity index (χ2v) is 5.41. The molecule has 0 aliphatic carbocycles. The molecule has 0 aromatic heterocycles. The number of aliphatic carboxylic acids is 1. The average Bonchev–Trinajstić information content (AvgIpc) is 2.36. The number of carboxylic acid groups (broad SMARTS) is 1. The Bertz CT molecular complexity index is 311. The van der Waals surface area contributed by atoms with Crippen LogP contribution in [0.25, 0.3) is 0 Å². The van der Waals surface area contributed by atoms with Crippen molar-refractivity contribution in [3.05, 3.63) is 0 Å². The van der Waals surface area contributed by atoms with Gasteiger partial charge in [0.1, 0.15) is 5.54 Å². The summed E-state index contributed by atoms with van der Waals surface area (Å²) in [5.74, 6) is -0.227. The first-order valence-electron chi connectivity index (χ1n) is 6.65. The lowest BCUT2D eigenvalue weighted by Crippen LogP contribution is -2.53. The van der Waals surface area contributed by atoms with Crippen LogP contribution < -0.4 is 5.32 Å². The molecule has 18 heavy (non-hydrogen) atoms. The van der Waals surface area contributed by atoms with E-state index in [-0.39, 0.29) is 12.5 Å². The number of piperidine rings is 1. The summed E-state index contributed by atoms with van der Waals surface area (Å²) >= 11 is 0. The summed E-state index contributed by atoms with van der Waals surface area (Å²) in [6.45, 7) is 7.29. The Labute approximate surface area is 109 Å². The van der Waals surface area contributed by atoms with E-state index in [4.69, 9.17) is 5.11 Å². The van der Waals surface area contributed by atoms with E-state index in [2.05, 4.69) is 12.2 Å². The molecule has 5 nitrogen and oxygen atoms in total. The van der Waals surface area contributed by atoms with E-state index >= 15 is 0 Å². The fourth-order valence-electron chi connectivity index (χ4n) is 1.99. The van der Waals surface area contributed by atoms with Crippen LogP contribution in [0.3, 0.4) is 0 Å². The smallest absolute Gasteiger partial charge is 0.323 e. The summed E-state index contributed by atoms with van der Waals surface area (Å²) < 4.78 is 0. The van der Waals surface area contributed by atoms with Crippen LogP contribution in [0, 0.1) is 5.92 Å². The van der Waals surface area contributed by atoms with Crippen LogP contribution in [0.15, 0.2) is 0 Å². The molecule has 0 aromatic carbocycles. The van der Waals surface area contributed by atoms with E-state index in [1.54, 1.807) is 13.8 Å². The van der Waals surface area contributed by atoms with Crippen molar-refractivity contribution in [2.45, 2.75) is 45.6 Å². The lowest BCUT2D eigenvalue weighted by Gasteiger charge is -2.32. The van der Waals surface area contributed by atoms with Gasteiger partial charge in [0.2, 0.25) is 5.91 Å². The Balaban J connectivity index is 2.43. The predicted molar refractivity (Wildman–Crippen MR) is 69.3 cm³/mol.